The van der Waals surface area contributed by atoms with Crippen molar-refractivity contribution >= 4 is 96.4 Å². The fourth-order valence-electron chi connectivity index (χ4n) is 7.91. The van der Waals surface area contributed by atoms with E-state index in [-0.39, 0.29) is 0 Å². The van der Waals surface area contributed by atoms with Crippen molar-refractivity contribution in [2.75, 3.05) is 0 Å². The number of thiophene rings is 1. The van der Waals surface area contributed by atoms with E-state index < -0.39 is 0 Å². The summed E-state index contributed by atoms with van der Waals surface area (Å²) < 4.78 is 2.56. The van der Waals surface area contributed by atoms with E-state index in [4.69, 9.17) is 9.97 Å². The SMILES string of the molecule is c1ccc2c(-c3ccc4ccc5ccc(-c6cccc7c6sc6cc8c9ccccc9c9ccccc9c8cc67)nc5c4n3)cccc2c1. The molecule has 0 bridgehead atoms. The van der Waals surface area contributed by atoms with Gasteiger partial charge in [-0.2, -0.15) is 0 Å². The molecule has 0 radical (unpaired) electrons. The highest BCUT2D eigenvalue weighted by Gasteiger charge is 2.16. The zero-order chi connectivity index (χ0) is 32.1. The summed E-state index contributed by atoms with van der Waals surface area (Å²) in [6.45, 7) is 0. The summed E-state index contributed by atoms with van der Waals surface area (Å²) in [5, 5.41) is 15.0. The summed E-state index contributed by atoms with van der Waals surface area (Å²) in [5.41, 5.74) is 6.08. The molecular weight excluding hydrogens is 613 g/mol. The number of pyridine rings is 2. The second-order valence-corrected chi connectivity index (χ2v) is 14.0. The number of hydrogen-bond acceptors (Lipinski definition) is 3. The van der Waals surface area contributed by atoms with Gasteiger partial charge in [0, 0.05) is 42.1 Å². The Balaban J connectivity index is 1.14. The van der Waals surface area contributed by atoms with Crippen LogP contribution >= 0.6 is 11.3 Å². The van der Waals surface area contributed by atoms with Crippen LogP contribution in [0.25, 0.3) is 108 Å². The van der Waals surface area contributed by atoms with Crippen molar-refractivity contribution in [2.24, 2.45) is 0 Å². The van der Waals surface area contributed by atoms with E-state index in [2.05, 4.69) is 158 Å². The molecule has 0 saturated carbocycles. The Bertz CT molecular complexity index is 3170. The first-order valence-electron chi connectivity index (χ1n) is 16.7. The lowest BCUT2D eigenvalue weighted by Crippen LogP contribution is -1.91. The van der Waals surface area contributed by atoms with Crippen molar-refractivity contribution in [3.63, 3.8) is 0 Å². The van der Waals surface area contributed by atoms with Crippen molar-refractivity contribution < 1.29 is 0 Å². The maximum absolute atomic E-state index is 5.37. The van der Waals surface area contributed by atoms with Crippen LogP contribution in [0.5, 0.6) is 0 Å². The minimum absolute atomic E-state index is 0.929. The Morgan fingerprint density at radius 3 is 1.51 bits per heavy atom. The van der Waals surface area contributed by atoms with Crippen LogP contribution in [0.3, 0.4) is 0 Å². The molecule has 0 unspecified atom stereocenters. The van der Waals surface area contributed by atoms with Crippen LogP contribution in [-0.4, -0.2) is 9.97 Å². The van der Waals surface area contributed by atoms with Gasteiger partial charge in [0.05, 0.1) is 22.4 Å². The van der Waals surface area contributed by atoms with Crippen molar-refractivity contribution in [1.82, 2.24) is 9.97 Å². The molecule has 0 fully saturated rings. The highest BCUT2D eigenvalue weighted by molar-refractivity contribution is 7.26. The molecule has 0 spiro atoms. The number of benzene rings is 8. The van der Waals surface area contributed by atoms with Gasteiger partial charge in [-0.3, -0.25) is 0 Å². The second kappa shape index (κ2) is 10.2. The molecule has 2 nitrogen and oxygen atoms in total. The van der Waals surface area contributed by atoms with E-state index in [9.17, 15) is 0 Å². The lowest BCUT2D eigenvalue weighted by molar-refractivity contribution is 1.37. The minimum atomic E-state index is 0.929. The van der Waals surface area contributed by atoms with Crippen LogP contribution in [0, 0.1) is 0 Å². The first kappa shape index (κ1) is 26.9. The smallest absolute Gasteiger partial charge is 0.0972 e. The standard InChI is InChI=1S/C46H26N2S/c1-2-11-30-27(9-1)10-7-16-35(30)41-23-21-28-19-20-29-22-24-42(48-45(29)44(28)47-41)37-18-8-17-36-40-25-38-33-14-5-3-12-31(33)32-13-4-6-15-34(32)39(38)26-43(40)49-46(36)37/h1-26H. The van der Waals surface area contributed by atoms with Crippen molar-refractivity contribution in [3.8, 4) is 22.5 Å². The van der Waals surface area contributed by atoms with E-state index >= 15 is 0 Å². The molecule has 49 heavy (non-hydrogen) atoms. The van der Waals surface area contributed by atoms with Gasteiger partial charge in [-0.25, -0.2) is 9.97 Å². The van der Waals surface area contributed by atoms with Crippen LogP contribution in [0.1, 0.15) is 0 Å². The average Bonchev–Trinajstić information content (AvgIpc) is 3.54. The molecule has 8 aromatic carbocycles. The first-order valence-corrected chi connectivity index (χ1v) is 17.5. The summed E-state index contributed by atoms with van der Waals surface area (Å²) in [4.78, 5) is 10.6. The van der Waals surface area contributed by atoms with Crippen LogP contribution in [0.15, 0.2) is 158 Å². The molecule has 0 aliphatic carbocycles. The van der Waals surface area contributed by atoms with E-state index in [0.717, 1.165) is 44.3 Å². The van der Waals surface area contributed by atoms with Gasteiger partial charge in [-0.1, -0.05) is 133 Å². The Hall–Kier alpha value is -6.16. The van der Waals surface area contributed by atoms with Crippen LogP contribution in [-0.2, 0) is 0 Å². The third-order valence-corrected chi connectivity index (χ3v) is 11.4. The number of nitrogens with zero attached hydrogens (tertiary/aromatic N) is 2. The lowest BCUT2D eigenvalue weighted by atomic mass is 9.93. The quantitative estimate of drug-likeness (QED) is 0.176. The minimum Gasteiger partial charge on any atom is -0.245 e. The predicted octanol–water partition coefficient (Wildman–Crippen LogP) is 13.1. The van der Waals surface area contributed by atoms with Gasteiger partial charge in [-0.15, -0.1) is 11.3 Å². The largest absolute Gasteiger partial charge is 0.245 e. The average molecular weight is 639 g/mol. The normalized spacial score (nSPS) is 12.1. The van der Waals surface area contributed by atoms with Gasteiger partial charge in [0.15, 0.2) is 0 Å². The summed E-state index contributed by atoms with van der Waals surface area (Å²) in [6.07, 6.45) is 0. The lowest BCUT2D eigenvalue weighted by Gasteiger charge is -2.10. The van der Waals surface area contributed by atoms with Crippen molar-refractivity contribution in [2.45, 2.75) is 0 Å². The van der Waals surface area contributed by atoms with E-state index in [1.807, 2.05) is 11.3 Å². The van der Waals surface area contributed by atoms with E-state index in [1.54, 1.807) is 0 Å². The predicted molar refractivity (Wildman–Crippen MR) is 211 cm³/mol. The Morgan fingerprint density at radius 2 is 0.816 bits per heavy atom. The zero-order valence-corrected chi connectivity index (χ0v) is 27.1. The number of hydrogen-bond donors (Lipinski definition) is 0. The molecule has 0 N–H and O–H groups in total. The topological polar surface area (TPSA) is 25.8 Å². The molecule has 3 heterocycles. The summed E-state index contributed by atoms with van der Waals surface area (Å²) in [5.74, 6) is 0. The molecular formula is C46H26N2S. The highest BCUT2D eigenvalue weighted by Crippen LogP contribution is 2.44. The van der Waals surface area contributed by atoms with Gasteiger partial charge in [-0.05, 0) is 67.4 Å². The molecule has 0 saturated heterocycles. The highest BCUT2D eigenvalue weighted by atomic mass is 32.1. The van der Waals surface area contributed by atoms with Crippen LogP contribution < -0.4 is 0 Å². The Kier molecular flexibility index (Phi) is 5.57. The zero-order valence-electron chi connectivity index (χ0n) is 26.3. The summed E-state index contributed by atoms with van der Waals surface area (Å²) in [7, 11) is 0. The van der Waals surface area contributed by atoms with Gasteiger partial charge >= 0.3 is 0 Å². The maximum Gasteiger partial charge on any atom is 0.0972 e. The van der Waals surface area contributed by atoms with Crippen LogP contribution in [0.2, 0.25) is 0 Å². The van der Waals surface area contributed by atoms with Crippen molar-refractivity contribution in [3.05, 3.63) is 158 Å². The molecule has 11 aromatic rings. The third-order valence-electron chi connectivity index (χ3n) is 10.2. The molecule has 3 aromatic heterocycles. The Morgan fingerprint density at radius 1 is 0.327 bits per heavy atom. The first-order chi connectivity index (χ1) is 24.3. The molecule has 11 rings (SSSR count). The molecule has 0 atom stereocenters. The molecule has 0 aliphatic heterocycles. The number of fused-ring (bicyclic) bond motifs is 13. The van der Waals surface area contributed by atoms with Gasteiger partial charge in [0.2, 0.25) is 0 Å². The summed E-state index contributed by atoms with van der Waals surface area (Å²) in [6, 6.07) is 57.0. The van der Waals surface area contributed by atoms with Crippen LogP contribution in [0.4, 0.5) is 0 Å². The van der Waals surface area contributed by atoms with Gasteiger partial charge < -0.3 is 0 Å². The second-order valence-electron chi connectivity index (χ2n) is 12.9. The number of aromatic nitrogens is 2. The maximum atomic E-state index is 5.37. The third kappa shape index (κ3) is 3.94. The number of rotatable bonds is 2. The fraction of sp³-hybridized carbons (Fsp3) is 0. The molecule has 0 aliphatic rings. The van der Waals surface area contributed by atoms with Gasteiger partial charge in [0.1, 0.15) is 0 Å². The van der Waals surface area contributed by atoms with E-state index in [0.29, 0.717) is 0 Å². The molecule has 226 valence electrons. The summed E-state index contributed by atoms with van der Waals surface area (Å²) >= 11 is 1.87. The molecule has 0 amide bonds. The van der Waals surface area contributed by atoms with Gasteiger partial charge in [0.25, 0.3) is 0 Å². The monoisotopic (exact) mass is 638 g/mol. The Labute approximate surface area is 285 Å². The van der Waals surface area contributed by atoms with Crippen molar-refractivity contribution in [1.29, 1.82) is 0 Å². The van der Waals surface area contributed by atoms with E-state index in [1.165, 1.54) is 63.3 Å². The molecule has 3 heteroatoms. The fourth-order valence-corrected chi connectivity index (χ4v) is 9.16.